The van der Waals surface area contributed by atoms with Crippen LogP contribution in [0.2, 0.25) is 10.0 Å². The van der Waals surface area contributed by atoms with Crippen LogP contribution in [0.25, 0.3) is 0 Å². The molecular weight excluding hydrogens is 287 g/mol. The largest absolute Gasteiger partial charge is 0.395 e. The third-order valence-corrected chi connectivity index (χ3v) is 3.53. The molecule has 0 atom stereocenters. The van der Waals surface area contributed by atoms with Crippen molar-refractivity contribution in [3.8, 4) is 0 Å². The lowest BCUT2D eigenvalue weighted by molar-refractivity contribution is 0.232. The van der Waals surface area contributed by atoms with Crippen molar-refractivity contribution in [2.45, 2.75) is 19.3 Å². The standard InChI is InChI=1S/C13H18Cl2N2O2/c1-13(2,8-17-12(19)16-5-6-18)9-3-4-10(14)11(15)7-9/h3-4,7,18H,5-6,8H2,1-2H3,(H2,16,17,19). The van der Waals surface area contributed by atoms with Crippen LogP contribution in [0, 0.1) is 0 Å². The first-order chi connectivity index (χ1) is 8.86. The molecule has 1 aromatic carbocycles. The number of rotatable bonds is 5. The zero-order valence-corrected chi connectivity index (χ0v) is 12.5. The van der Waals surface area contributed by atoms with Crippen LogP contribution in [0.3, 0.4) is 0 Å². The fraction of sp³-hybridized carbons (Fsp3) is 0.462. The lowest BCUT2D eigenvalue weighted by Gasteiger charge is -2.26. The van der Waals surface area contributed by atoms with Crippen molar-refractivity contribution in [1.29, 1.82) is 0 Å². The van der Waals surface area contributed by atoms with E-state index in [2.05, 4.69) is 10.6 Å². The Kier molecular flexibility index (Phi) is 5.91. The lowest BCUT2D eigenvalue weighted by atomic mass is 9.84. The van der Waals surface area contributed by atoms with Gasteiger partial charge in [0.2, 0.25) is 0 Å². The minimum Gasteiger partial charge on any atom is -0.395 e. The molecule has 0 bridgehead atoms. The monoisotopic (exact) mass is 304 g/mol. The highest BCUT2D eigenvalue weighted by molar-refractivity contribution is 6.42. The molecule has 0 aliphatic heterocycles. The molecule has 2 amide bonds. The van der Waals surface area contributed by atoms with E-state index in [1.807, 2.05) is 19.9 Å². The summed E-state index contributed by atoms with van der Waals surface area (Å²) in [5.41, 5.74) is 0.717. The maximum absolute atomic E-state index is 11.4. The zero-order chi connectivity index (χ0) is 14.5. The van der Waals surface area contributed by atoms with Crippen LogP contribution in [-0.4, -0.2) is 30.8 Å². The van der Waals surface area contributed by atoms with E-state index < -0.39 is 0 Å². The minimum atomic E-state index is -0.304. The quantitative estimate of drug-likeness (QED) is 0.783. The summed E-state index contributed by atoms with van der Waals surface area (Å²) in [7, 11) is 0. The van der Waals surface area contributed by atoms with Crippen molar-refractivity contribution in [1.82, 2.24) is 10.6 Å². The summed E-state index contributed by atoms with van der Waals surface area (Å²) in [6, 6.07) is 5.13. The van der Waals surface area contributed by atoms with Crippen molar-refractivity contribution in [3.05, 3.63) is 33.8 Å². The molecule has 0 radical (unpaired) electrons. The number of amides is 2. The fourth-order valence-electron chi connectivity index (χ4n) is 1.55. The van der Waals surface area contributed by atoms with Gasteiger partial charge in [-0.15, -0.1) is 0 Å². The second kappa shape index (κ2) is 6.98. The SMILES string of the molecule is CC(C)(CNC(=O)NCCO)c1ccc(Cl)c(Cl)c1. The van der Waals surface area contributed by atoms with Gasteiger partial charge in [-0.1, -0.05) is 43.1 Å². The Morgan fingerprint density at radius 3 is 2.53 bits per heavy atom. The maximum atomic E-state index is 11.4. The van der Waals surface area contributed by atoms with Crippen LogP contribution < -0.4 is 10.6 Å². The molecule has 6 heteroatoms. The van der Waals surface area contributed by atoms with Crippen LogP contribution >= 0.6 is 23.2 Å². The molecule has 1 rings (SSSR count). The number of carbonyl (C=O) groups is 1. The van der Waals surface area contributed by atoms with E-state index >= 15 is 0 Å². The van der Waals surface area contributed by atoms with Gasteiger partial charge in [0, 0.05) is 18.5 Å². The van der Waals surface area contributed by atoms with E-state index in [0.29, 0.717) is 16.6 Å². The summed E-state index contributed by atoms with van der Waals surface area (Å²) in [6.07, 6.45) is 0. The van der Waals surface area contributed by atoms with Crippen LogP contribution in [0.15, 0.2) is 18.2 Å². The summed E-state index contributed by atoms with van der Waals surface area (Å²) in [5.74, 6) is 0. The number of carbonyl (C=O) groups excluding carboxylic acids is 1. The molecule has 0 fully saturated rings. The van der Waals surface area contributed by atoms with Crippen LogP contribution in [0.1, 0.15) is 19.4 Å². The van der Waals surface area contributed by atoms with E-state index in [9.17, 15) is 4.79 Å². The highest BCUT2D eigenvalue weighted by atomic mass is 35.5. The average molecular weight is 305 g/mol. The molecule has 0 saturated carbocycles. The van der Waals surface area contributed by atoms with Gasteiger partial charge in [0.25, 0.3) is 0 Å². The van der Waals surface area contributed by atoms with Crippen molar-refractivity contribution in [2.24, 2.45) is 0 Å². The number of hydrogen-bond acceptors (Lipinski definition) is 2. The first kappa shape index (κ1) is 16.1. The summed E-state index contributed by atoms with van der Waals surface area (Å²) in [4.78, 5) is 11.4. The van der Waals surface area contributed by atoms with Crippen molar-refractivity contribution in [3.63, 3.8) is 0 Å². The van der Waals surface area contributed by atoms with Crippen LogP contribution in [0.4, 0.5) is 4.79 Å². The lowest BCUT2D eigenvalue weighted by Crippen LogP contribution is -2.43. The van der Waals surface area contributed by atoms with Gasteiger partial charge < -0.3 is 15.7 Å². The van der Waals surface area contributed by atoms with Crippen molar-refractivity contribution < 1.29 is 9.90 Å². The molecule has 0 aromatic heterocycles. The Hall–Kier alpha value is -0.970. The van der Waals surface area contributed by atoms with Gasteiger partial charge in [0.05, 0.1) is 16.7 Å². The molecule has 1 aromatic rings. The number of benzene rings is 1. The molecule has 4 nitrogen and oxygen atoms in total. The third-order valence-electron chi connectivity index (χ3n) is 2.79. The van der Waals surface area contributed by atoms with E-state index in [-0.39, 0.29) is 24.6 Å². The van der Waals surface area contributed by atoms with Gasteiger partial charge >= 0.3 is 6.03 Å². The van der Waals surface area contributed by atoms with Gasteiger partial charge in [-0.05, 0) is 17.7 Å². The topological polar surface area (TPSA) is 61.4 Å². The smallest absolute Gasteiger partial charge is 0.314 e. The normalized spacial score (nSPS) is 11.2. The van der Waals surface area contributed by atoms with Gasteiger partial charge in [-0.3, -0.25) is 0 Å². The molecule has 0 saturated heterocycles. The summed E-state index contributed by atoms with van der Waals surface area (Å²) in [6.45, 7) is 4.60. The summed E-state index contributed by atoms with van der Waals surface area (Å²) >= 11 is 11.9. The Balaban J connectivity index is 2.64. The number of aliphatic hydroxyl groups excluding tert-OH is 1. The van der Waals surface area contributed by atoms with Gasteiger partial charge in [-0.2, -0.15) is 0 Å². The Morgan fingerprint density at radius 1 is 1.26 bits per heavy atom. The second-order valence-corrected chi connectivity index (χ2v) is 5.66. The molecule has 3 N–H and O–H groups in total. The minimum absolute atomic E-state index is 0.0798. The number of aliphatic hydroxyl groups is 1. The number of hydrogen-bond donors (Lipinski definition) is 3. The molecule has 0 aliphatic carbocycles. The van der Waals surface area contributed by atoms with Crippen LogP contribution in [-0.2, 0) is 5.41 Å². The highest BCUT2D eigenvalue weighted by Crippen LogP contribution is 2.29. The molecule has 0 aliphatic rings. The maximum Gasteiger partial charge on any atom is 0.314 e. The third kappa shape index (κ3) is 4.90. The first-order valence-corrected chi connectivity index (χ1v) is 6.70. The first-order valence-electron chi connectivity index (χ1n) is 5.95. The van der Waals surface area contributed by atoms with E-state index in [1.165, 1.54) is 0 Å². The Bertz CT molecular complexity index is 450. The second-order valence-electron chi connectivity index (χ2n) is 4.85. The van der Waals surface area contributed by atoms with Crippen molar-refractivity contribution in [2.75, 3.05) is 19.7 Å². The summed E-state index contributed by atoms with van der Waals surface area (Å²) < 4.78 is 0. The predicted molar refractivity (Wildman–Crippen MR) is 78.0 cm³/mol. The van der Waals surface area contributed by atoms with E-state index in [1.54, 1.807) is 12.1 Å². The molecule has 0 spiro atoms. The molecular formula is C13H18Cl2N2O2. The number of nitrogens with one attached hydrogen (secondary N) is 2. The molecule has 0 heterocycles. The number of halogens is 2. The van der Waals surface area contributed by atoms with Gasteiger partial charge in [-0.25, -0.2) is 4.79 Å². The molecule has 19 heavy (non-hydrogen) atoms. The van der Waals surface area contributed by atoms with Crippen molar-refractivity contribution >= 4 is 29.2 Å². The van der Waals surface area contributed by atoms with E-state index in [4.69, 9.17) is 28.3 Å². The molecule has 0 unspecified atom stereocenters. The Labute approximate surface area is 123 Å². The molecule has 106 valence electrons. The predicted octanol–water partition coefficient (Wildman–Crippen LogP) is 2.56. The van der Waals surface area contributed by atoms with Crippen LogP contribution in [0.5, 0.6) is 0 Å². The summed E-state index contributed by atoms with van der Waals surface area (Å²) in [5, 5.41) is 14.9. The van der Waals surface area contributed by atoms with Gasteiger partial charge in [0.1, 0.15) is 0 Å². The average Bonchev–Trinajstić information content (AvgIpc) is 2.37. The highest BCUT2D eigenvalue weighted by Gasteiger charge is 2.22. The van der Waals surface area contributed by atoms with E-state index in [0.717, 1.165) is 5.56 Å². The fourth-order valence-corrected chi connectivity index (χ4v) is 1.85. The Morgan fingerprint density at radius 2 is 1.95 bits per heavy atom. The van der Waals surface area contributed by atoms with Gasteiger partial charge in [0.15, 0.2) is 0 Å². The zero-order valence-electron chi connectivity index (χ0n) is 11.0. The number of urea groups is 1.